The van der Waals surface area contributed by atoms with E-state index in [9.17, 15) is 8.42 Å². The van der Waals surface area contributed by atoms with Crippen molar-refractivity contribution in [1.82, 2.24) is 15.3 Å². The van der Waals surface area contributed by atoms with E-state index in [1.54, 1.807) is 0 Å². The number of nitrogens with one attached hydrogen (secondary N) is 1. The van der Waals surface area contributed by atoms with Gasteiger partial charge in [0, 0.05) is 0 Å². The van der Waals surface area contributed by atoms with Crippen molar-refractivity contribution in [3.05, 3.63) is 11.9 Å². The molecule has 118 valence electrons. The minimum Gasteiger partial charge on any atom is -0.480 e. The highest BCUT2D eigenvalue weighted by molar-refractivity contribution is 7.91. The molecule has 2 heterocycles. The molecular formula is C13H21N3O4S. The minimum absolute atomic E-state index is 0.0217. The largest absolute Gasteiger partial charge is 0.480 e. The number of rotatable bonds is 6. The van der Waals surface area contributed by atoms with Crippen LogP contribution in [0.3, 0.4) is 0 Å². The van der Waals surface area contributed by atoms with Crippen molar-refractivity contribution in [1.29, 1.82) is 0 Å². The predicted molar refractivity (Wildman–Crippen MR) is 78.3 cm³/mol. The van der Waals surface area contributed by atoms with Gasteiger partial charge in [-0.05, 0) is 18.9 Å². The second-order valence-electron chi connectivity index (χ2n) is 5.01. The summed E-state index contributed by atoms with van der Waals surface area (Å²) in [4.78, 5) is 8.59. The summed E-state index contributed by atoms with van der Waals surface area (Å²) < 4.78 is 33.8. The molecule has 1 aliphatic rings. The van der Waals surface area contributed by atoms with Gasteiger partial charge in [0.15, 0.2) is 9.84 Å². The minimum atomic E-state index is -2.95. The van der Waals surface area contributed by atoms with Gasteiger partial charge in [-0.15, -0.1) is 0 Å². The van der Waals surface area contributed by atoms with Crippen LogP contribution in [0, 0.1) is 5.92 Å². The molecule has 7 nitrogen and oxygen atoms in total. The van der Waals surface area contributed by atoms with Crippen LogP contribution in [0.4, 0.5) is 0 Å². The van der Waals surface area contributed by atoms with Crippen LogP contribution in [0.5, 0.6) is 11.8 Å². The van der Waals surface area contributed by atoms with Crippen LogP contribution < -0.4 is 14.8 Å². The van der Waals surface area contributed by atoms with Gasteiger partial charge in [-0.1, -0.05) is 6.92 Å². The van der Waals surface area contributed by atoms with E-state index < -0.39 is 9.84 Å². The Bertz CT molecular complexity index is 591. The van der Waals surface area contributed by atoms with Crippen molar-refractivity contribution in [3.8, 4) is 11.8 Å². The van der Waals surface area contributed by atoms with Crippen molar-refractivity contribution < 1.29 is 17.9 Å². The molecule has 0 amide bonds. The first-order valence-corrected chi connectivity index (χ1v) is 8.71. The maximum absolute atomic E-state index is 11.7. The number of hydrogen-bond acceptors (Lipinski definition) is 7. The van der Waals surface area contributed by atoms with Crippen molar-refractivity contribution >= 4 is 9.84 Å². The van der Waals surface area contributed by atoms with Crippen molar-refractivity contribution in [2.75, 3.05) is 32.3 Å². The molecule has 0 aliphatic carbocycles. The van der Waals surface area contributed by atoms with E-state index in [1.165, 1.54) is 20.4 Å². The fourth-order valence-electron chi connectivity index (χ4n) is 2.62. The van der Waals surface area contributed by atoms with Crippen LogP contribution in [0.25, 0.3) is 0 Å². The maximum atomic E-state index is 11.7. The summed E-state index contributed by atoms with van der Waals surface area (Å²) >= 11 is 0. The van der Waals surface area contributed by atoms with Crippen LogP contribution in [-0.2, 0) is 9.84 Å². The summed E-state index contributed by atoms with van der Waals surface area (Å²) in [6.45, 7) is 2.68. The van der Waals surface area contributed by atoms with E-state index in [0.29, 0.717) is 30.4 Å². The zero-order valence-corrected chi connectivity index (χ0v) is 13.3. The molecule has 0 aromatic carbocycles. The maximum Gasteiger partial charge on any atom is 0.240 e. The van der Waals surface area contributed by atoms with Crippen LogP contribution in [0.1, 0.15) is 25.1 Å². The van der Waals surface area contributed by atoms with Crippen molar-refractivity contribution in [3.63, 3.8) is 0 Å². The number of methoxy groups -OCH3 is 2. The molecule has 8 heteroatoms. The molecule has 1 fully saturated rings. The number of hydrogen-bond donors (Lipinski definition) is 1. The van der Waals surface area contributed by atoms with Crippen LogP contribution >= 0.6 is 0 Å². The highest BCUT2D eigenvalue weighted by atomic mass is 32.2. The fourth-order valence-corrected chi connectivity index (χ4v) is 4.46. The Kier molecular flexibility index (Phi) is 5.00. The van der Waals surface area contributed by atoms with Gasteiger partial charge in [-0.3, -0.25) is 0 Å². The summed E-state index contributed by atoms with van der Waals surface area (Å²) in [5.41, 5.74) is 0.627. The first-order chi connectivity index (χ1) is 10.0. The first-order valence-electron chi connectivity index (χ1n) is 6.89. The van der Waals surface area contributed by atoms with E-state index in [1.807, 2.05) is 6.92 Å². The summed E-state index contributed by atoms with van der Waals surface area (Å²) in [5.74, 6) is 1.11. The van der Waals surface area contributed by atoms with Gasteiger partial charge >= 0.3 is 0 Å². The fraction of sp³-hybridized carbons (Fsp3) is 0.692. The highest BCUT2D eigenvalue weighted by Crippen LogP contribution is 2.34. The lowest BCUT2D eigenvalue weighted by atomic mass is 9.96. The lowest BCUT2D eigenvalue weighted by Gasteiger charge is -2.24. The molecule has 1 aromatic rings. The molecule has 21 heavy (non-hydrogen) atoms. The van der Waals surface area contributed by atoms with Crippen LogP contribution in [0.15, 0.2) is 6.20 Å². The van der Waals surface area contributed by atoms with E-state index in [4.69, 9.17) is 9.47 Å². The summed E-state index contributed by atoms with van der Waals surface area (Å²) in [6.07, 6.45) is 2.14. The Hall–Kier alpha value is -1.41. The SMILES string of the molecule is CCNC(c1ncc(OC)nc1OC)C1CCS(=O)(=O)C1. The first kappa shape index (κ1) is 16.0. The van der Waals surface area contributed by atoms with Crippen molar-refractivity contribution in [2.45, 2.75) is 19.4 Å². The lowest BCUT2D eigenvalue weighted by molar-refractivity contribution is 0.331. The molecule has 0 radical (unpaired) electrons. The van der Waals surface area contributed by atoms with Gasteiger partial charge in [0.1, 0.15) is 5.69 Å². The van der Waals surface area contributed by atoms with Gasteiger partial charge in [0.05, 0.1) is 38.0 Å². The van der Waals surface area contributed by atoms with Crippen LogP contribution in [-0.4, -0.2) is 50.7 Å². The predicted octanol–water partition coefficient (Wildman–Crippen LogP) is 0.579. The van der Waals surface area contributed by atoms with Gasteiger partial charge in [0.2, 0.25) is 11.8 Å². The molecule has 0 bridgehead atoms. The summed E-state index contributed by atoms with van der Waals surface area (Å²) in [5, 5.41) is 3.30. The normalized spacial score (nSPS) is 22.0. The monoisotopic (exact) mass is 315 g/mol. The summed E-state index contributed by atoms with van der Waals surface area (Å²) in [7, 11) is 0.0707. The highest BCUT2D eigenvalue weighted by Gasteiger charge is 2.36. The zero-order valence-electron chi connectivity index (χ0n) is 12.5. The topological polar surface area (TPSA) is 90.4 Å². The number of nitrogens with zero attached hydrogens (tertiary/aromatic N) is 2. The van der Waals surface area contributed by atoms with E-state index in [2.05, 4.69) is 15.3 Å². The lowest BCUT2D eigenvalue weighted by Crippen LogP contribution is -2.30. The number of sulfone groups is 1. The molecule has 0 spiro atoms. The number of ether oxygens (including phenoxy) is 2. The Morgan fingerprint density at radius 2 is 2.19 bits per heavy atom. The molecule has 2 unspecified atom stereocenters. The standard InChI is InChI=1S/C13H21N3O4S/c1-4-14-11(9-5-6-21(17,18)8-9)12-13(20-3)16-10(19-2)7-15-12/h7,9,11,14H,4-6,8H2,1-3H3. The molecular weight excluding hydrogens is 294 g/mol. The van der Waals surface area contributed by atoms with Crippen LogP contribution in [0.2, 0.25) is 0 Å². The molecule has 2 rings (SSSR count). The molecule has 1 saturated heterocycles. The molecule has 1 aromatic heterocycles. The van der Waals surface area contributed by atoms with E-state index in [0.717, 1.165) is 0 Å². The smallest absolute Gasteiger partial charge is 0.240 e. The third-order valence-electron chi connectivity index (χ3n) is 3.61. The third kappa shape index (κ3) is 3.62. The Morgan fingerprint density at radius 3 is 2.71 bits per heavy atom. The quantitative estimate of drug-likeness (QED) is 0.821. The average molecular weight is 315 g/mol. The zero-order chi connectivity index (χ0) is 15.5. The Balaban J connectivity index is 2.34. The second-order valence-corrected chi connectivity index (χ2v) is 7.23. The van der Waals surface area contributed by atoms with Gasteiger partial charge in [-0.2, -0.15) is 4.98 Å². The van der Waals surface area contributed by atoms with Gasteiger partial charge < -0.3 is 14.8 Å². The summed E-state index contributed by atoms with van der Waals surface area (Å²) in [6, 6.07) is -0.194. The van der Waals surface area contributed by atoms with Gasteiger partial charge in [-0.25, -0.2) is 13.4 Å². The van der Waals surface area contributed by atoms with E-state index in [-0.39, 0.29) is 23.5 Å². The number of aromatic nitrogens is 2. The third-order valence-corrected chi connectivity index (χ3v) is 5.40. The molecule has 0 saturated carbocycles. The second kappa shape index (κ2) is 6.57. The molecule has 2 atom stereocenters. The Labute approximate surface area is 125 Å². The molecule has 1 aliphatic heterocycles. The molecule has 1 N–H and O–H groups in total. The van der Waals surface area contributed by atoms with Crippen molar-refractivity contribution in [2.24, 2.45) is 5.92 Å². The van der Waals surface area contributed by atoms with E-state index >= 15 is 0 Å². The van der Waals surface area contributed by atoms with Gasteiger partial charge in [0.25, 0.3) is 0 Å². The average Bonchev–Trinajstić information content (AvgIpc) is 2.84. The Morgan fingerprint density at radius 1 is 1.43 bits per heavy atom.